The van der Waals surface area contributed by atoms with Crippen LogP contribution < -0.4 is 5.32 Å². The summed E-state index contributed by atoms with van der Waals surface area (Å²) in [6.07, 6.45) is 3.73. The number of aromatic nitrogens is 1. The second-order valence-electron chi connectivity index (χ2n) is 7.55. The highest BCUT2D eigenvalue weighted by atomic mass is 16.2. The number of rotatable bonds is 4. The molecule has 0 saturated carbocycles. The number of nitrogens with one attached hydrogen (secondary N) is 2. The number of aromatic amines is 1. The molecule has 4 rings (SSSR count). The van der Waals surface area contributed by atoms with Crippen molar-refractivity contribution in [1.82, 2.24) is 9.88 Å². The van der Waals surface area contributed by atoms with Crippen LogP contribution in [0.15, 0.2) is 54.7 Å². The Bertz CT molecular complexity index is 1000. The molecular weight excluding hydrogens is 350 g/mol. The molecule has 2 aromatic carbocycles. The minimum Gasteiger partial charge on any atom is -0.361 e. The zero-order chi connectivity index (χ0) is 19.5. The molecule has 1 aliphatic heterocycles. The average molecular weight is 375 g/mol. The zero-order valence-corrected chi connectivity index (χ0v) is 16.1. The number of carbonyl (C=O) groups is 2. The SMILES string of the molecule is Cc1cccc(NC(=O)C2CCN(C(=O)Cc3c[nH]c4ccccc34)CC2)c1. The summed E-state index contributed by atoms with van der Waals surface area (Å²) >= 11 is 0. The van der Waals surface area contributed by atoms with Gasteiger partial charge in [0, 0.05) is 41.8 Å². The molecule has 1 fully saturated rings. The van der Waals surface area contributed by atoms with Gasteiger partial charge in [-0.15, -0.1) is 0 Å². The number of amides is 2. The third-order valence-corrected chi connectivity index (χ3v) is 5.52. The number of benzene rings is 2. The van der Waals surface area contributed by atoms with Gasteiger partial charge in [-0.25, -0.2) is 0 Å². The second kappa shape index (κ2) is 7.89. The van der Waals surface area contributed by atoms with Gasteiger partial charge in [-0.3, -0.25) is 9.59 Å². The number of H-pyrrole nitrogens is 1. The van der Waals surface area contributed by atoms with Crippen molar-refractivity contribution in [3.8, 4) is 0 Å². The normalized spacial score (nSPS) is 15.0. The smallest absolute Gasteiger partial charge is 0.227 e. The van der Waals surface area contributed by atoms with Gasteiger partial charge in [-0.2, -0.15) is 0 Å². The van der Waals surface area contributed by atoms with Crippen LogP contribution in [0.5, 0.6) is 0 Å². The van der Waals surface area contributed by atoms with Crippen LogP contribution in [0.1, 0.15) is 24.0 Å². The maximum absolute atomic E-state index is 12.7. The lowest BCUT2D eigenvalue weighted by molar-refractivity contribution is -0.133. The van der Waals surface area contributed by atoms with Crippen molar-refractivity contribution in [2.45, 2.75) is 26.2 Å². The van der Waals surface area contributed by atoms with E-state index < -0.39 is 0 Å². The molecule has 1 saturated heterocycles. The molecule has 0 bridgehead atoms. The lowest BCUT2D eigenvalue weighted by atomic mass is 9.95. The molecule has 0 atom stereocenters. The Hall–Kier alpha value is -3.08. The number of aryl methyl sites for hydroxylation is 1. The number of piperidine rings is 1. The zero-order valence-electron chi connectivity index (χ0n) is 16.1. The van der Waals surface area contributed by atoms with E-state index in [-0.39, 0.29) is 17.7 Å². The quantitative estimate of drug-likeness (QED) is 0.726. The van der Waals surface area contributed by atoms with E-state index in [1.165, 1.54) is 0 Å². The molecule has 2 N–H and O–H groups in total. The van der Waals surface area contributed by atoms with Crippen molar-refractivity contribution in [1.29, 1.82) is 0 Å². The number of carbonyl (C=O) groups excluding carboxylic acids is 2. The summed E-state index contributed by atoms with van der Waals surface area (Å²) in [6.45, 7) is 3.27. The predicted octanol–water partition coefficient (Wildman–Crippen LogP) is 3.90. The molecule has 2 heterocycles. The van der Waals surface area contributed by atoms with Gasteiger partial charge in [0.25, 0.3) is 0 Å². The molecule has 0 unspecified atom stereocenters. The van der Waals surface area contributed by atoms with E-state index >= 15 is 0 Å². The monoisotopic (exact) mass is 375 g/mol. The van der Waals surface area contributed by atoms with E-state index in [2.05, 4.69) is 10.3 Å². The molecule has 1 aromatic heterocycles. The number of hydrogen-bond acceptors (Lipinski definition) is 2. The Morgan fingerprint density at radius 1 is 1.11 bits per heavy atom. The van der Waals surface area contributed by atoms with Crippen molar-refractivity contribution in [3.63, 3.8) is 0 Å². The summed E-state index contributed by atoms with van der Waals surface area (Å²) in [5, 5.41) is 4.11. The maximum Gasteiger partial charge on any atom is 0.227 e. The highest BCUT2D eigenvalue weighted by molar-refractivity contribution is 5.93. The van der Waals surface area contributed by atoms with Crippen molar-refractivity contribution in [2.24, 2.45) is 5.92 Å². The molecule has 28 heavy (non-hydrogen) atoms. The first-order valence-electron chi connectivity index (χ1n) is 9.80. The minimum absolute atomic E-state index is 0.0438. The standard InChI is InChI=1S/C23H25N3O2/c1-16-5-4-6-19(13-16)25-23(28)17-9-11-26(12-10-17)22(27)14-18-15-24-21-8-3-2-7-20(18)21/h2-8,13,15,17,24H,9-12,14H2,1H3,(H,25,28). The van der Waals surface area contributed by atoms with Gasteiger partial charge in [0.1, 0.15) is 0 Å². The molecule has 5 nitrogen and oxygen atoms in total. The average Bonchev–Trinajstić information content (AvgIpc) is 3.11. The molecule has 3 aromatic rings. The molecule has 144 valence electrons. The van der Waals surface area contributed by atoms with Gasteiger partial charge >= 0.3 is 0 Å². The number of hydrogen-bond donors (Lipinski definition) is 2. The Morgan fingerprint density at radius 2 is 1.89 bits per heavy atom. The molecular formula is C23H25N3O2. The number of likely N-dealkylation sites (tertiary alicyclic amines) is 1. The largest absolute Gasteiger partial charge is 0.361 e. The van der Waals surface area contributed by atoms with E-state index in [1.54, 1.807) is 0 Å². The fraction of sp³-hybridized carbons (Fsp3) is 0.304. The summed E-state index contributed by atoms with van der Waals surface area (Å²) in [5.74, 6) is 0.134. The third-order valence-electron chi connectivity index (χ3n) is 5.52. The minimum atomic E-state index is -0.0438. The Labute approximate surface area is 164 Å². The fourth-order valence-corrected chi connectivity index (χ4v) is 3.91. The summed E-state index contributed by atoms with van der Waals surface area (Å²) < 4.78 is 0. The van der Waals surface area contributed by atoms with Crippen molar-refractivity contribution in [2.75, 3.05) is 18.4 Å². The summed E-state index contributed by atoms with van der Waals surface area (Å²) in [4.78, 5) is 30.4. The van der Waals surface area contributed by atoms with Crippen molar-refractivity contribution < 1.29 is 9.59 Å². The summed E-state index contributed by atoms with van der Waals surface area (Å²) in [7, 11) is 0. The third kappa shape index (κ3) is 3.93. The van der Waals surface area contributed by atoms with Gasteiger partial charge in [0.15, 0.2) is 0 Å². The van der Waals surface area contributed by atoms with Crippen LogP contribution in [0.25, 0.3) is 10.9 Å². The van der Waals surface area contributed by atoms with E-state index in [4.69, 9.17) is 0 Å². The number of anilines is 1. The fourth-order valence-electron chi connectivity index (χ4n) is 3.91. The number of fused-ring (bicyclic) bond motifs is 1. The van der Waals surface area contributed by atoms with Crippen molar-refractivity contribution >= 4 is 28.4 Å². The van der Waals surface area contributed by atoms with Gasteiger partial charge in [0.05, 0.1) is 6.42 Å². The topological polar surface area (TPSA) is 65.2 Å². The van der Waals surface area contributed by atoms with Crippen LogP contribution in [0.2, 0.25) is 0 Å². The van der Waals surface area contributed by atoms with Gasteiger partial charge in [0.2, 0.25) is 11.8 Å². The molecule has 2 amide bonds. The van der Waals surface area contributed by atoms with Crippen LogP contribution in [-0.4, -0.2) is 34.8 Å². The maximum atomic E-state index is 12.7. The highest BCUT2D eigenvalue weighted by Gasteiger charge is 2.27. The Morgan fingerprint density at radius 3 is 2.68 bits per heavy atom. The van der Waals surface area contributed by atoms with E-state index in [0.717, 1.165) is 27.7 Å². The first kappa shape index (κ1) is 18.3. The number of para-hydroxylation sites is 1. The Balaban J connectivity index is 1.32. The molecule has 0 aliphatic carbocycles. The molecule has 0 spiro atoms. The van der Waals surface area contributed by atoms with E-state index in [1.807, 2.05) is 66.6 Å². The van der Waals surface area contributed by atoms with Gasteiger partial charge in [-0.1, -0.05) is 30.3 Å². The summed E-state index contributed by atoms with van der Waals surface area (Å²) in [6, 6.07) is 15.9. The van der Waals surface area contributed by atoms with E-state index in [0.29, 0.717) is 32.4 Å². The van der Waals surface area contributed by atoms with Crippen LogP contribution in [-0.2, 0) is 16.0 Å². The lowest BCUT2D eigenvalue weighted by Crippen LogP contribution is -2.42. The molecule has 5 heteroatoms. The van der Waals surface area contributed by atoms with Crippen molar-refractivity contribution in [3.05, 3.63) is 65.9 Å². The van der Waals surface area contributed by atoms with Crippen LogP contribution >= 0.6 is 0 Å². The predicted molar refractivity (Wildman–Crippen MR) is 111 cm³/mol. The van der Waals surface area contributed by atoms with Crippen LogP contribution in [0, 0.1) is 12.8 Å². The van der Waals surface area contributed by atoms with Gasteiger partial charge < -0.3 is 15.2 Å². The van der Waals surface area contributed by atoms with E-state index in [9.17, 15) is 9.59 Å². The molecule has 0 radical (unpaired) electrons. The highest BCUT2D eigenvalue weighted by Crippen LogP contribution is 2.23. The lowest BCUT2D eigenvalue weighted by Gasteiger charge is -2.31. The first-order chi connectivity index (χ1) is 13.6. The molecule has 1 aliphatic rings. The number of nitrogens with zero attached hydrogens (tertiary/aromatic N) is 1. The van der Waals surface area contributed by atoms with Crippen LogP contribution in [0.4, 0.5) is 5.69 Å². The summed E-state index contributed by atoms with van der Waals surface area (Å²) in [5.41, 5.74) is 4.04. The first-order valence-corrected chi connectivity index (χ1v) is 9.80. The van der Waals surface area contributed by atoms with Crippen LogP contribution in [0.3, 0.4) is 0 Å². The van der Waals surface area contributed by atoms with Gasteiger partial charge in [-0.05, 0) is 49.1 Å². The second-order valence-corrected chi connectivity index (χ2v) is 7.55. The Kier molecular flexibility index (Phi) is 5.15.